The van der Waals surface area contributed by atoms with Crippen LogP contribution in [0.25, 0.3) is 0 Å². The summed E-state index contributed by atoms with van der Waals surface area (Å²) in [7, 11) is 0. The average Bonchev–Trinajstić information content (AvgIpc) is 2.76. The van der Waals surface area contributed by atoms with Crippen molar-refractivity contribution in [2.24, 2.45) is 11.8 Å². The van der Waals surface area contributed by atoms with Crippen LogP contribution in [0.3, 0.4) is 0 Å². The van der Waals surface area contributed by atoms with E-state index in [1.54, 1.807) is 0 Å². The molecular formula is C16H23O4+. The minimum Gasteiger partial charge on any atom is -0.418 e. The molecule has 1 aliphatic heterocycles. The van der Waals surface area contributed by atoms with Crippen molar-refractivity contribution in [2.75, 3.05) is 0 Å². The van der Waals surface area contributed by atoms with E-state index in [1.165, 1.54) is 12.2 Å². The highest BCUT2D eigenvalue weighted by molar-refractivity contribution is 5.82. The summed E-state index contributed by atoms with van der Waals surface area (Å²) in [4.78, 5) is 11.6. The van der Waals surface area contributed by atoms with Crippen molar-refractivity contribution < 1.29 is 19.7 Å². The fraction of sp³-hybridized carbons (Fsp3) is 0.625. The number of carbonyl (C=O) groups is 1. The van der Waals surface area contributed by atoms with Gasteiger partial charge < -0.3 is 14.9 Å². The lowest BCUT2D eigenvalue weighted by molar-refractivity contribution is -0.140. The molecule has 5 atom stereocenters. The maximum Gasteiger partial charge on any atom is 0.334 e. The summed E-state index contributed by atoms with van der Waals surface area (Å²) < 4.78 is 5.18. The SMILES string of the molecule is C[C@H]1[CH+]CC/C=C/[C@@H]2C[C@H](O)C[C@H]2[C@H](O)/C=C/C(=O)O1. The van der Waals surface area contributed by atoms with E-state index in [0.29, 0.717) is 12.8 Å². The van der Waals surface area contributed by atoms with E-state index in [1.807, 2.05) is 13.3 Å². The molecule has 0 amide bonds. The largest absolute Gasteiger partial charge is 0.418 e. The molecule has 0 radical (unpaired) electrons. The number of ether oxygens (including phenoxy) is 1. The number of allylic oxidation sites excluding steroid dienone is 2. The van der Waals surface area contributed by atoms with Gasteiger partial charge in [0.25, 0.3) is 0 Å². The topological polar surface area (TPSA) is 66.8 Å². The number of aliphatic hydroxyl groups excluding tert-OH is 2. The first-order chi connectivity index (χ1) is 9.56. The first-order valence-corrected chi connectivity index (χ1v) is 7.31. The van der Waals surface area contributed by atoms with Crippen LogP contribution < -0.4 is 0 Å². The van der Waals surface area contributed by atoms with Gasteiger partial charge in [0.05, 0.1) is 18.6 Å². The molecule has 0 unspecified atom stereocenters. The van der Waals surface area contributed by atoms with Gasteiger partial charge in [0, 0.05) is 19.4 Å². The maximum absolute atomic E-state index is 11.6. The van der Waals surface area contributed by atoms with Gasteiger partial charge in [-0.15, -0.1) is 0 Å². The van der Waals surface area contributed by atoms with E-state index in [9.17, 15) is 15.0 Å². The van der Waals surface area contributed by atoms with E-state index >= 15 is 0 Å². The number of rotatable bonds is 0. The molecule has 2 N–H and O–H groups in total. The molecule has 1 heterocycles. The number of hydrogen-bond donors (Lipinski definition) is 2. The quantitative estimate of drug-likeness (QED) is 0.403. The molecule has 4 heteroatoms. The molecule has 1 fully saturated rings. The van der Waals surface area contributed by atoms with E-state index in [2.05, 4.69) is 12.2 Å². The zero-order valence-electron chi connectivity index (χ0n) is 11.8. The van der Waals surface area contributed by atoms with Crippen LogP contribution in [-0.4, -0.2) is 34.5 Å². The van der Waals surface area contributed by atoms with Gasteiger partial charge in [0.15, 0.2) is 0 Å². The number of carbonyl (C=O) groups excluding carboxylic acids is 1. The summed E-state index contributed by atoms with van der Waals surface area (Å²) in [5.74, 6) is -0.304. The fourth-order valence-electron chi connectivity index (χ4n) is 2.98. The van der Waals surface area contributed by atoms with Crippen molar-refractivity contribution in [3.8, 4) is 0 Å². The second-order valence-electron chi connectivity index (χ2n) is 5.69. The number of aliphatic hydroxyl groups is 2. The number of esters is 1. The van der Waals surface area contributed by atoms with Gasteiger partial charge in [-0.25, -0.2) is 4.79 Å². The highest BCUT2D eigenvalue weighted by Gasteiger charge is 2.35. The predicted octanol–water partition coefficient (Wildman–Crippen LogP) is 1.78. The van der Waals surface area contributed by atoms with Crippen molar-refractivity contribution in [1.82, 2.24) is 0 Å². The lowest BCUT2D eigenvalue weighted by Crippen LogP contribution is -2.22. The van der Waals surface area contributed by atoms with Crippen molar-refractivity contribution in [2.45, 2.75) is 50.9 Å². The molecule has 0 bridgehead atoms. The molecule has 2 rings (SSSR count). The standard InChI is InChI=1S/C16H23O4/c1-11-5-3-2-4-6-12-9-13(17)10-14(12)15(18)7-8-16(19)20-11/h4-8,11-15,17-18H,2-3,9-10H2,1H3/q+1/b6-4+,8-7+/t11-,12+,13-,14+,15+/m0/s1. The normalized spacial score (nSPS) is 42.1. The summed E-state index contributed by atoms with van der Waals surface area (Å²) in [5, 5.41) is 20.0. The Morgan fingerprint density at radius 3 is 2.90 bits per heavy atom. The summed E-state index contributed by atoms with van der Waals surface area (Å²) in [6, 6.07) is 0. The third-order valence-corrected chi connectivity index (χ3v) is 4.02. The zero-order valence-corrected chi connectivity index (χ0v) is 11.8. The van der Waals surface area contributed by atoms with E-state index in [0.717, 1.165) is 12.8 Å². The van der Waals surface area contributed by atoms with Crippen LogP contribution in [0, 0.1) is 18.3 Å². The van der Waals surface area contributed by atoms with Crippen LogP contribution in [-0.2, 0) is 9.53 Å². The zero-order chi connectivity index (χ0) is 14.5. The van der Waals surface area contributed by atoms with Crippen molar-refractivity contribution in [3.63, 3.8) is 0 Å². The van der Waals surface area contributed by atoms with Gasteiger partial charge in [0.2, 0.25) is 6.10 Å². The maximum atomic E-state index is 11.6. The lowest BCUT2D eigenvalue weighted by atomic mass is 9.90. The molecule has 1 saturated carbocycles. The second-order valence-corrected chi connectivity index (χ2v) is 5.69. The van der Waals surface area contributed by atoms with Crippen molar-refractivity contribution >= 4 is 5.97 Å². The van der Waals surface area contributed by atoms with Gasteiger partial charge in [-0.3, -0.25) is 0 Å². The first-order valence-electron chi connectivity index (χ1n) is 7.31. The highest BCUT2D eigenvalue weighted by atomic mass is 16.5. The van der Waals surface area contributed by atoms with E-state index in [-0.39, 0.29) is 24.0 Å². The molecule has 0 aromatic rings. The van der Waals surface area contributed by atoms with E-state index < -0.39 is 12.1 Å². The molecule has 0 spiro atoms. The minimum absolute atomic E-state index is 0.0348. The molecule has 20 heavy (non-hydrogen) atoms. The second kappa shape index (κ2) is 6.95. The minimum atomic E-state index is -0.727. The number of cyclic esters (lactones) is 1. The summed E-state index contributed by atoms with van der Waals surface area (Å²) in [6.07, 6.45) is 10.6. The smallest absolute Gasteiger partial charge is 0.334 e. The van der Waals surface area contributed by atoms with Crippen molar-refractivity contribution in [1.29, 1.82) is 0 Å². The van der Waals surface area contributed by atoms with Crippen LogP contribution in [0.2, 0.25) is 0 Å². The van der Waals surface area contributed by atoms with Crippen LogP contribution >= 0.6 is 0 Å². The van der Waals surface area contributed by atoms with Crippen molar-refractivity contribution in [3.05, 3.63) is 30.7 Å². The third-order valence-electron chi connectivity index (χ3n) is 4.02. The Kier molecular flexibility index (Phi) is 5.26. The van der Waals surface area contributed by atoms with Gasteiger partial charge in [-0.1, -0.05) is 12.2 Å². The van der Waals surface area contributed by atoms with Crippen LogP contribution in [0.15, 0.2) is 24.3 Å². The Hall–Kier alpha value is -1.26. The summed E-state index contributed by atoms with van der Waals surface area (Å²) in [5.41, 5.74) is 0. The molecule has 0 aromatic carbocycles. The predicted molar refractivity (Wildman–Crippen MR) is 75.6 cm³/mol. The Morgan fingerprint density at radius 1 is 1.30 bits per heavy atom. The fourth-order valence-corrected chi connectivity index (χ4v) is 2.98. The van der Waals surface area contributed by atoms with Crippen LogP contribution in [0.5, 0.6) is 0 Å². The van der Waals surface area contributed by atoms with Gasteiger partial charge in [-0.05, 0) is 30.8 Å². The lowest BCUT2D eigenvalue weighted by Gasteiger charge is -2.19. The molecular weight excluding hydrogens is 256 g/mol. The Morgan fingerprint density at radius 2 is 2.10 bits per heavy atom. The number of hydrogen-bond acceptors (Lipinski definition) is 4. The van der Waals surface area contributed by atoms with E-state index in [4.69, 9.17) is 4.74 Å². The molecule has 0 aromatic heterocycles. The Bertz CT molecular complexity index is 388. The van der Waals surface area contributed by atoms with Gasteiger partial charge in [-0.2, -0.15) is 0 Å². The molecule has 4 nitrogen and oxygen atoms in total. The highest BCUT2D eigenvalue weighted by Crippen LogP contribution is 2.36. The number of fused-ring (bicyclic) bond motifs is 1. The van der Waals surface area contributed by atoms with Crippen LogP contribution in [0.4, 0.5) is 0 Å². The summed E-state index contributed by atoms with van der Waals surface area (Å²) in [6.45, 7) is 1.83. The first kappa shape index (κ1) is 15.1. The molecule has 0 saturated heterocycles. The molecule has 110 valence electrons. The molecule has 1 aliphatic carbocycles. The average molecular weight is 279 g/mol. The Balaban J connectivity index is 2.11. The monoisotopic (exact) mass is 279 g/mol. The molecule has 2 aliphatic rings. The third kappa shape index (κ3) is 4.12. The van der Waals surface area contributed by atoms with Gasteiger partial charge >= 0.3 is 5.97 Å². The Labute approximate surface area is 120 Å². The van der Waals surface area contributed by atoms with Gasteiger partial charge in [0.1, 0.15) is 6.42 Å². The van der Waals surface area contributed by atoms with Crippen LogP contribution in [0.1, 0.15) is 32.6 Å². The summed E-state index contributed by atoms with van der Waals surface area (Å²) >= 11 is 0.